The topological polar surface area (TPSA) is 38.7 Å². The second-order valence-electron chi connectivity index (χ2n) is 4.67. The number of carbonyl (C=O) groups excluding carboxylic acids is 1. The molecule has 0 unspecified atom stereocenters. The molecule has 0 amide bonds. The van der Waals surface area contributed by atoms with Gasteiger partial charge in [0.05, 0.1) is 0 Å². The van der Waals surface area contributed by atoms with Crippen molar-refractivity contribution in [3.05, 3.63) is 75.9 Å². The molecular formula is C17H12ClNO2. The Hall–Kier alpha value is -2.39. The van der Waals surface area contributed by atoms with Crippen molar-refractivity contribution >= 4 is 29.5 Å². The van der Waals surface area contributed by atoms with Gasteiger partial charge < -0.3 is 4.74 Å². The maximum absolute atomic E-state index is 11.9. The third-order valence-corrected chi connectivity index (χ3v) is 3.54. The van der Waals surface area contributed by atoms with Crippen molar-refractivity contribution in [2.75, 3.05) is 0 Å². The van der Waals surface area contributed by atoms with Gasteiger partial charge in [0, 0.05) is 10.6 Å². The number of benzene rings is 2. The normalized spacial score (nSPS) is 16.0. The van der Waals surface area contributed by atoms with E-state index in [0.717, 1.165) is 16.7 Å². The molecule has 0 saturated carbocycles. The van der Waals surface area contributed by atoms with Gasteiger partial charge in [-0.2, -0.15) is 0 Å². The molecule has 3 nitrogen and oxygen atoms in total. The number of carbonyl (C=O) groups is 1. The van der Waals surface area contributed by atoms with E-state index in [9.17, 15) is 4.79 Å². The predicted molar refractivity (Wildman–Crippen MR) is 83.2 cm³/mol. The number of hydrogen-bond donors (Lipinski definition) is 0. The highest BCUT2D eigenvalue weighted by molar-refractivity contribution is 6.32. The number of esters is 1. The fourth-order valence-electron chi connectivity index (χ4n) is 2.08. The summed E-state index contributed by atoms with van der Waals surface area (Å²) >= 11 is 6.08. The number of aryl methyl sites for hydroxylation is 1. The lowest BCUT2D eigenvalue weighted by Crippen LogP contribution is -2.06. The van der Waals surface area contributed by atoms with Crippen LogP contribution < -0.4 is 0 Å². The first-order chi connectivity index (χ1) is 10.1. The van der Waals surface area contributed by atoms with Crippen molar-refractivity contribution in [2.45, 2.75) is 6.92 Å². The van der Waals surface area contributed by atoms with Gasteiger partial charge in [-0.3, -0.25) is 0 Å². The zero-order valence-electron chi connectivity index (χ0n) is 11.3. The van der Waals surface area contributed by atoms with E-state index in [-0.39, 0.29) is 5.70 Å². The van der Waals surface area contributed by atoms with E-state index in [1.165, 1.54) is 0 Å². The minimum atomic E-state index is -0.465. The molecule has 3 rings (SSSR count). The lowest BCUT2D eigenvalue weighted by Gasteiger charge is -2.02. The van der Waals surface area contributed by atoms with E-state index >= 15 is 0 Å². The molecule has 21 heavy (non-hydrogen) atoms. The fraction of sp³-hybridized carbons (Fsp3) is 0.0588. The van der Waals surface area contributed by atoms with Gasteiger partial charge in [0.2, 0.25) is 5.90 Å². The Bertz CT molecular complexity index is 778. The average Bonchev–Trinajstić information content (AvgIpc) is 2.83. The van der Waals surface area contributed by atoms with Crippen LogP contribution in [0.3, 0.4) is 0 Å². The number of ether oxygens (including phenoxy) is 1. The molecule has 0 aliphatic carbocycles. The zero-order valence-corrected chi connectivity index (χ0v) is 12.1. The molecule has 0 radical (unpaired) electrons. The number of hydrogen-bond acceptors (Lipinski definition) is 3. The van der Waals surface area contributed by atoms with Crippen molar-refractivity contribution in [2.24, 2.45) is 4.99 Å². The van der Waals surface area contributed by atoms with Gasteiger partial charge in [-0.05, 0) is 36.3 Å². The van der Waals surface area contributed by atoms with Crippen LogP contribution in [0.4, 0.5) is 0 Å². The van der Waals surface area contributed by atoms with Crippen LogP contribution in [0, 0.1) is 6.92 Å². The number of halogens is 1. The molecule has 0 bridgehead atoms. The van der Waals surface area contributed by atoms with Crippen molar-refractivity contribution < 1.29 is 9.53 Å². The summed E-state index contributed by atoms with van der Waals surface area (Å²) in [5.74, 6) is -0.135. The van der Waals surface area contributed by atoms with Crippen molar-refractivity contribution in [3.63, 3.8) is 0 Å². The van der Waals surface area contributed by atoms with Crippen LogP contribution >= 0.6 is 11.6 Å². The van der Waals surface area contributed by atoms with E-state index in [4.69, 9.17) is 16.3 Å². The Labute approximate surface area is 127 Å². The molecule has 2 aromatic rings. The summed E-state index contributed by atoms with van der Waals surface area (Å²) in [5, 5.41) is 0.567. The number of aliphatic imine (C=N–C) groups is 1. The van der Waals surface area contributed by atoms with Gasteiger partial charge >= 0.3 is 5.97 Å². The van der Waals surface area contributed by atoms with Crippen molar-refractivity contribution in [1.82, 2.24) is 0 Å². The Balaban J connectivity index is 2.00. The summed E-state index contributed by atoms with van der Waals surface area (Å²) in [6, 6.07) is 14.9. The molecule has 1 heterocycles. The summed E-state index contributed by atoms with van der Waals surface area (Å²) in [5.41, 5.74) is 2.80. The van der Waals surface area contributed by atoms with Crippen molar-refractivity contribution in [3.8, 4) is 0 Å². The Morgan fingerprint density at radius 1 is 1.10 bits per heavy atom. The molecule has 0 saturated heterocycles. The maximum Gasteiger partial charge on any atom is 0.363 e. The van der Waals surface area contributed by atoms with Crippen LogP contribution in [0.5, 0.6) is 0 Å². The SMILES string of the molecule is Cc1ccccc1C1=N/C(=C\c2ccccc2Cl)C(=O)O1. The molecule has 0 spiro atoms. The number of nitrogens with zero attached hydrogens (tertiary/aromatic N) is 1. The van der Waals surface area contributed by atoms with Gasteiger partial charge in [0.15, 0.2) is 5.70 Å². The van der Waals surface area contributed by atoms with Crippen LogP contribution in [0.2, 0.25) is 5.02 Å². The molecule has 104 valence electrons. The van der Waals surface area contributed by atoms with Crippen molar-refractivity contribution in [1.29, 1.82) is 0 Å². The summed E-state index contributed by atoms with van der Waals surface area (Å²) in [4.78, 5) is 16.2. The Morgan fingerprint density at radius 3 is 2.57 bits per heavy atom. The third kappa shape index (κ3) is 2.73. The van der Waals surface area contributed by atoms with Crippen LogP contribution in [0.1, 0.15) is 16.7 Å². The third-order valence-electron chi connectivity index (χ3n) is 3.19. The molecule has 1 aliphatic rings. The van der Waals surface area contributed by atoms with Gasteiger partial charge in [0.1, 0.15) is 0 Å². The zero-order chi connectivity index (χ0) is 14.8. The minimum absolute atomic E-state index is 0.251. The van der Waals surface area contributed by atoms with Crippen LogP contribution in [-0.4, -0.2) is 11.9 Å². The summed E-state index contributed by atoms with van der Waals surface area (Å²) in [6.07, 6.45) is 1.63. The quantitative estimate of drug-likeness (QED) is 0.621. The summed E-state index contributed by atoms with van der Waals surface area (Å²) in [7, 11) is 0. The molecule has 1 aliphatic heterocycles. The smallest absolute Gasteiger partial charge is 0.363 e. The lowest BCUT2D eigenvalue weighted by atomic mass is 10.1. The van der Waals surface area contributed by atoms with E-state index < -0.39 is 5.97 Å². The fourth-order valence-corrected chi connectivity index (χ4v) is 2.27. The Kier molecular flexibility index (Phi) is 3.59. The van der Waals surface area contributed by atoms with E-state index in [2.05, 4.69) is 4.99 Å². The molecule has 0 aromatic heterocycles. The highest BCUT2D eigenvalue weighted by atomic mass is 35.5. The number of cyclic esters (lactones) is 1. The highest BCUT2D eigenvalue weighted by Gasteiger charge is 2.25. The van der Waals surface area contributed by atoms with E-state index in [1.807, 2.05) is 49.4 Å². The molecule has 0 atom stereocenters. The largest absolute Gasteiger partial charge is 0.402 e. The van der Waals surface area contributed by atoms with Crippen LogP contribution in [-0.2, 0) is 9.53 Å². The van der Waals surface area contributed by atoms with Gasteiger partial charge in [-0.1, -0.05) is 48.0 Å². The molecule has 4 heteroatoms. The van der Waals surface area contributed by atoms with Crippen LogP contribution in [0.15, 0.2) is 59.2 Å². The maximum atomic E-state index is 11.9. The first kappa shape index (κ1) is 13.6. The standard InChI is InChI=1S/C17H12ClNO2/c1-11-6-2-4-8-13(11)16-19-15(17(20)21-16)10-12-7-3-5-9-14(12)18/h2-10H,1H3/b15-10-. The second-order valence-corrected chi connectivity index (χ2v) is 5.08. The summed E-state index contributed by atoms with van der Waals surface area (Å²) in [6.45, 7) is 1.95. The van der Waals surface area contributed by atoms with Gasteiger partial charge in [-0.15, -0.1) is 0 Å². The molecular weight excluding hydrogens is 286 g/mol. The van der Waals surface area contributed by atoms with E-state index in [1.54, 1.807) is 12.1 Å². The second kappa shape index (κ2) is 5.54. The first-order valence-electron chi connectivity index (χ1n) is 6.48. The van der Waals surface area contributed by atoms with Gasteiger partial charge in [0.25, 0.3) is 0 Å². The van der Waals surface area contributed by atoms with Crippen LogP contribution in [0.25, 0.3) is 6.08 Å². The highest BCUT2D eigenvalue weighted by Crippen LogP contribution is 2.23. The first-order valence-corrected chi connectivity index (χ1v) is 6.86. The lowest BCUT2D eigenvalue weighted by molar-refractivity contribution is -0.129. The minimum Gasteiger partial charge on any atom is -0.402 e. The number of rotatable bonds is 2. The molecule has 0 N–H and O–H groups in total. The molecule has 0 fully saturated rings. The predicted octanol–water partition coefficient (Wildman–Crippen LogP) is 3.99. The van der Waals surface area contributed by atoms with E-state index in [0.29, 0.717) is 10.9 Å². The average molecular weight is 298 g/mol. The Morgan fingerprint density at radius 2 is 1.81 bits per heavy atom. The summed E-state index contributed by atoms with van der Waals surface area (Å²) < 4.78 is 5.25. The molecule has 2 aromatic carbocycles. The monoisotopic (exact) mass is 297 g/mol. The van der Waals surface area contributed by atoms with Gasteiger partial charge in [-0.25, -0.2) is 9.79 Å².